The molecule has 0 aliphatic rings. The van der Waals surface area contributed by atoms with Crippen LogP contribution in [0.4, 0.5) is 10.2 Å². The van der Waals surface area contributed by atoms with Gasteiger partial charge in [-0.15, -0.1) is 24.0 Å². The SMILES string of the molecule is CCNC(=NCc1cccc(N(C)C)n1)NCCc1ccc(F)cc1C.I. The van der Waals surface area contributed by atoms with Gasteiger partial charge in [0.25, 0.3) is 0 Å². The molecule has 5 nitrogen and oxygen atoms in total. The summed E-state index contributed by atoms with van der Waals surface area (Å²) in [7, 11) is 3.94. The molecule has 0 bridgehead atoms. The van der Waals surface area contributed by atoms with Crippen LogP contribution in [-0.2, 0) is 13.0 Å². The van der Waals surface area contributed by atoms with Gasteiger partial charge in [-0.1, -0.05) is 12.1 Å². The number of nitrogens with one attached hydrogen (secondary N) is 2. The molecule has 0 unspecified atom stereocenters. The Kier molecular flexibility index (Phi) is 10.1. The molecule has 0 spiro atoms. The molecule has 148 valence electrons. The summed E-state index contributed by atoms with van der Waals surface area (Å²) in [5, 5.41) is 6.57. The smallest absolute Gasteiger partial charge is 0.191 e. The van der Waals surface area contributed by atoms with E-state index in [2.05, 4.69) is 20.6 Å². The van der Waals surface area contributed by atoms with Crippen molar-refractivity contribution in [3.8, 4) is 0 Å². The van der Waals surface area contributed by atoms with E-state index in [0.717, 1.165) is 48.1 Å². The van der Waals surface area contributed by atoms with Gasteiger partial charge in [0.05, 0.1) is 12.2 Å². The molecule has 7 heteroatoms. The standard InChI is InChI=1S/C20H28FN5.HI/c1-5-22-20(23-12-11-16-9-10-17(21)13-15(16)2)24-14-18-7-6-8-19(25-18)26(3)4;/h6-10,13H,5,11-12,14H2,1-4H3,(H2,22,23,24);1H. The first-order chi connectivity index (χ1) is 12.5. The summed E-state index contributed by atoms with van der Waals surface area (Å²) in [5.41, 5.74) is 3.02. The Hall–Kier alpha value is -1.90. The Balaban J connectivity index is 0.00000364. The number of aliphatic imine (C=N–C) groups is 1. The van der Waals surface area contributed by atoms with Crippen molar-refractivity contribution >= 4 is 35.8 Å². The second-order valence-corrected chi connectivity index (χ2v) is 6.32. The predicted molar refractivity (Wildman–Crippen MR) is 122 cm³/mol. The van der Waals surface area contributed by atoms with Crippen LogP contribution in [0, 0.1) is 12.7 Å². The van der Waals surface area contributed by atoms with E-state index in [9.17, 15) is 4.39 Å². The number of rotatable bonds is 7. The highest BCUT2D eigenvalue weighted by Crippen LogP contribution is 2.10. The Labute approximate surface area is 178 Å². The van der Waals surface area contributed by atoms with Crippen LogP contribution >= 0.6 is 24.0 Å². The molecule has 0 saturated carbocycles. The summed E-state index contributed by atoms with van der Waals surface area (Å²) in [6, 6.07) is 10.9. The molecule has 1 aromatic carbocycles. The molecular weight excluding hydrogens is 456 g/mol. The third kappa shape index (κ3) is 7.70. The van der Waals surface area contributed by atoms with Gasteiger partial charge in [-0.05, 0) is 55.7 Å². The van der Waals surface area contributed by atoms with Crippen LogP contribution in [0.25, 0.3) is 0 Å². The third-order valence-corrected chi connectivity index (χ3v) is 3.99. The third-order valence-electron chi connectivity index (χ3n) is 3.99. The van der Waals surface area contributed by atoms with E-state index in [1.807, 2.05) is 57.1 Å². The van der Waals surface area contributed by atoms with Crippen LogP contribution in [0.2, 0.25) is 0 Å². The van der Waals surface area contributed by atoms with Gasteiger partial charge in [0.15, 0.2) is 5.96 Å². The van der Waals surface area contributed by atoms with Gasteiger partial charge in [-0.25, -0.2) is 14.4 Å². The van der Waals surface area contributed by atoms with Crippen molar-refractivity contribution in [1.82, 2.24) is 15.6 Å². The number of pyridine rings is 1. The summed E-state index contributed by atoms with van der Waals surface area (Å²) in [5.74, 6) is 1.48. The lowest BCUT2D eigenvalue weighted by Gasteiger charge is -2.13. The first-order valence-corrected chi connectivity index (χ1v) is 8.90. The molecular formula is C20H29FIN5. The van der Waals surface area contributed by atoms with Crippen LogP contribution in [0.15, 0.2) is 41.4 Å². The number of hydrogen-bond donors (Lipinski definition) is 2. The zero-order chi connectivity index (χ0) is 18.9. The van der Waals surface area contributed by atoms with Crippen molar-refractivity contribution in [3.05, 3.63) is 59.0 Å². The highest BCUT2D eigenvalue weighted by Gasteiger charge is 2.03. The molecule has 0 saturated heterocycles. The topological polar surface area (TPSA) is 52.6 Å². The largest absolute Gasteiger partial charge is 0.363 e. The fourth-order valence-corrected chi connectivity index (χ4v) is 2.56. The molecule has 0 atom stereocenters. The van der Waals surface area contributed by atoms with Gasteiger partial charge in [0.1, 0.15) is 11.6 Å². The predicted octanol–water partition coefficient (Wildman–Crippen LogP) is 3.51. The van der Waals surface area contributed by atoms with Gasteiger partial charge >= 0.3 is 0 Å². The molecule has 1 heterocycles. The van der Waals surface area contributed by atoms with E-state index in [-0.39, 0.29) is 29.8 Å². The summed E-state index contributed by atoms with van der Waals surface area (Å²) < 4.78 is 13.2. The van der Waals surface area contributed by atoms with E-state index in [1.165, 1.54) is 6.07 Å². The maximum atomic E-state index is 13.2. The average molecular weight is 485 g/mol. The number of benzene rings is 1. The Morgan fingerprint density at radius 2 is 1.96 bits per heavy atom. The first-order valence-electron chi connectivity index (χ1n) is 8.90. The normalized spacial score (nSPS) is 10.9. The highest BCUT2D eigenvalue weighted by atomic mass is 127. The number of anilines is 1. The molecule has 0 aliphatic carbocycles. The minimum absolute atomic E-state index is 0. The second-order valence-electron chi connectivity index (χ2n) is 6.32. The molecule has 2 aromatic rings. The molecule has 0 radical (unpaired) electrons. The number of halogens is 2. The monoisotopic (exact) mass is 485 g/mol. The average Bonchev–Trinajstić information content (AvgIpc) is 2.61. The second kappa shape index (κ2) is 11.7. The van der Waals surface area contributed by atoms with Crippen molar-refractivity contribution in [2.75, 3.05) is 32.1 Å². The number of aromatic nitrogens is 1. The lowest BCUT2D eigenvalue weighted by Crippen LogP contribution is -2.38. The van der Waals surface area contributed by atoms with Gasteiger partial charge in [-0.2, -0.15) is 0 Å². The van der Waals surface area contributed by atoms with Gasteiger partial charge in [0, 0.05) is 27.2 Å². The first kappa shape index (κ1) is 23.1. The zero-order valence-electron chi connectivity index (χ0n) is 16.4. The fraction of sp³-hybridized carbons (Fsp3) is 0.400. The van der Waals surface area contributed by atoms with E-state index in [1.54, 1.807) is 6.07 Å². The Morgan fingerprint density at radius 1 is 1.19 bits per heavy atom. The molecule has 2 rings (SSSR count). The van der Waals surface area contributed by atoms with Crippen molar-refractivity contribution in [1.29, 1.82) is 0 Å². The van der Waals surface area contributed by atoms with Crippen molar-refractivity contribution in [2.45, 2.75) is 26.8 Å². The van der Waals surface area contributed by atoms with Crippen LogP contribution in [0.1, 0.15) is 23.7 Å². The van der Waals surface area contributed by atoms with Crippen LogP contribution in [0.5, 0.6) is 0 Å². The summed E-state index contributed by atoms with van der Waals surface area (Å²) in [6.07, 6.45) is 0.810. The summed E-state index contributed by atoms with van der Waals surface area (Å²) in [6.45, 7) is 5.98. The summed E-state index contributed by atoms with van der Waals surface area (Å²) in [4.78, 5) is 11.2. The fourth-order valence-electron chi connectivity index (χ4n) is 2.56. The van der Waals surface area contributed by atoms with Crippen LogP contribution in [0.3, 0.4) is 0 Å². The van der Waals surface area contributed by atoms with Crippen LogP contribution < -0.4 is 15.5 Å². The lowest BCUT2D eigenvalue weighted by molar-refractivity contribution is 0.625. The number of nitrogens with zero attached hydrogens (tertiary/aromatic N) is 3. The molecule has 2 N–H and O–H groups in total. The van der Waals surface area contributed by atoms with Gasteiger partial charge in [-0.3, -0.25) is 0 Å². The Morgan fingerprint density at radius 3 is 2.63 bits per heavy atom. The van der Waals surface area contributed by atoms with E-state index >= 15 is 0 Å². The lowest BCUT2D eigenvalue weighted by atomic mass is 10.1. The molecule has 1 aromatic heterocycles. The van der Waals surface area contributed by atoms with Crippen molar-refractivity contribution < 1.29 is 4.39 Å². The highest BCUT2D eigenvalue weighted by molar-refractivity contribution is 14.0. The molecule has 0 fully saturated rings. The maximum absolute atomic E-state index is 13.2. The summed E-state index contributed by atoms with van der Waals surface area (Å²) >= 11 is 0. The minimum Gasteiger partial charge on any atom is -0.363 e. The van der Waals surface area contributed by atoms with Crippen LogP contribution in [-0.4, -0.2) is 38.1 Å². The van der Waals surface area contributed by atoms with Gasteiger partial charge < -0.3 is 15.5 Å². The Bertz CT molecular complexity index is 749. The maximum Gasteiger partial charge on any atom is 0.191 e. The molecule has 0 amide bonds. The quantitative estimate of drug-likeness (QED) is 0.358. The van der Waals surface area contributed by atoms with E-state index in [4.69, 9.17) is 0 Å². The zero-order valence-corrected chi connectivity index (χ0v) is 18.8. The van der Waals surface area contributed by atoms with E-state index in [0.29, 0.717) is 6.54 Å². The van der Waals surface area contributed by atoms with E-state index < -0.39 is 0 Å². The minimum atomic E-state index is -0.193. The number of hydrogen-bond acceptors (Lipinski definition) is 3. The van der Waals surface area contributed by atoms with Crippen molar-refractivity contribution in [3.63, 3.8) is 0 Å². The van der Waals surface area contributed by atoms with Gasteiger partial charge in [0.2, 0.25) is 0 Å². The van der Waals surface area contributed by atoms with Crippen molar-refractivity contribution in [2.24, 2.45) is 4.99 Å². The molecule has 0 aliphatic heterocycles. The number of aryl methyl sites for hydroxylation is 1. The molecule has 27 heavy (non-hydrogen) atoms. The number of guanidine groups is 1.